The van der Waals surface area contributed by atoms with Gasteiger partial charge in [0.05, 0.1) is 11.4 Å². The van der Waals surface area contributed by atoms with E-state index in [-0.39, 0.29) is 0 Å². The molecule has 7 nitrogen and oxygen atoms in total. The van der Waals surface area contributed by atoms with E-state index in [0.717, 1.165) is 22.4 Å². The highest BCUT2D eigenvalue weighted by Gasteiger charge is 2.14. The summed E-state index contributed by atoms with van der Waals surface area (Å²) in [5.41, 5.74) is 5.33. The van der Waals surface area contributed by atoms with Crippen LogP contribution in [-0.4, -0.2) is 30.3 Å². The summed E-state index contributed by atoms with van der Waals surface area (Å²) in [4.78, 5) is 4.47. The van der Waals surface area contributed by atoms with Crippen LogP contribution in [0, 0.1) is 20.8 Å². The molecule has 8 heteroatoms. The first-order valence-electron chi connectivity index (χ1n) is 8.48. The lowest BCUT2D eigenvalue weighted by molar-refractivity contribution is 0.425. The zero-order valence-electron chi connectivity index (χ0n) is 15.2. The Kier molecular flexibility index (Phi) is 4.72. The van der Waals surface area contributed by atoms with Gasteiger partial charge in [0.15, 0.2) is 5.82 Å². The first-order valence-corrected chi connectivity index (χ1v) is 9.47. The summed E-state index contributed by atoms with van der Waals surface area (Å²) in [5.74, 6) is 1.63. The molecule has 4 aromatic rings. The van der Waals surface area contributed by atoms with Crippen LogP contribution in [0.4, 0.5) is 0 Å². The van der Waals surface area contributed by atoms with Gasteiger partial charge in [0.25, 0.3) is 5.89 Å². The van der Waals surface area contributed by atoms with E-state index in [4.69, 9.17) is 4.52 Å². The molecule has 0 radical (unpaired) electrons. The Balaban J connectivity index is 1.51. The van der Waals surface area contributed by atoms with Gasteiger partial charge in [-0.15, -0.1) is 5.10 Å². The van der Waals surface area contributed by atoms with Crippen LogP contribution in [0.15, 0.2) is 52.1 Å². The fraction of sp³-hybridized carbons (Fsp3) is 0.211. The van der Waals surface area contributed by atoms with Crippen molar-refractivity contribution < 1.29 is 4.52 Å². The van der Waals surface area contributed by atoms with Crippen molar-refractivity contribution in [2.24, 2.45) is 0 Å². The van der Waals surface area contributed by atoms with Gasteiger partial charge in [-0.2, -0.15) is 9.67 Å². The number of thioether (sulfide) groups is 1. The fourth-order valence-electron chi connectivity index (χ4n) is 2.62. The minimum absolute atomic E-state index is 0.514. The maximum Gasteiger partial charge on any atom is 0.257 e. The molecule has 0 saturated carbocycles. The first-order chi connectivity index (χ1) is 13.1. The van der Waals surface area contributed by atoms with Crippen LogP contribution in [0.5, 0.6) is 0 Å². The zero-order valence-corrected chi connectivity index (χ0v) is 16.1. The van der Waals surface area contributed by atoms with Gasteiger partial charge >= 0.3 is 0 Å². The van der Waals surface area contributed by atoms with E-state index >= 15 is 0 Å². The Morgan fingerprint density at radius 1 is 1.00 bits per heavy atom. The van der Waals surface area contributed by atoms with Gasteiger partial charge in [-0.05, 0) is 60.5 Å². The number of benzene rings is 2. The molecule has 27 heavy (non-hydrogen) atoms. The van der Waals surface area contributed by atoms with E-state index < -0.39 is 0 Å². The highest BCUT2D eigenvalue weighted by atomic mass is 32.2. The molecule has 0 amide bonds. The standard InChI is InChI=1S/C19H18N6OS/c1-12-5-8-15(9-6-12)18-20-17(22-26-18)11-27-19-21-23-24-25(19)16-10-13(2)4-7-14(16)3/h4-10H,11H2,1-3H3. The maximum atomic E-state index is 5.38. The molecule has 0 aliphatic rings. The molecule has 0 aliphatic heterocycles. The highest BCUT2D eigenvalue weighted by Crippen LogP contribution is 2.25. The van der Waals surface area contributed by atoms with Crippen LogP contribution in [0.2, 0.25) is 0 Å². The molecule has 0 bridgehead atoms. The zero-order chi connectivity index (χ0) is 18.8. The second-order valence-electron chi connectivity index (χ2n) is 6.33. The number of hydrogen-bond donors (Lipinski definition) is 0. The van der Waals surface area contributed by atoms with Gasteiger partial charge < -0.3 is 4.52 Å². The Morgan fingerprint density at radius 2 is 1.78 bits per heavy atom. The summed E-state index contributed by atoms with van der Waals surface area (Å²) >= 11 is 1.47. The van der Waals surface area contributed by atoms with Crippen LogP contribution < -0.4 is 0 Å². The van der Waals surface area contributed by atoms with Crippen molar-refractivity contribution >= 4 is 11.8 Å². The van der Waals surface area contributed by atoms with Crippen molar-refractivity contribution in [1.82, 2.24) is 30.3 Å². The number of nitrogens with zero attached hydrogens (tertiary/aromatic N) is 6. The third-order valence-corrected chi connectivity index (χ3v) is 5.05. The number of aryl methyl sites for hydroxylation is 3. The molecular formula is C19H18N6OS. The van der Waals surface area contributed by atoms with E-state index in [9.17, 15) is 0 Å². The molecule has 2 heterocycles. The average Bonchev–Trinajstić information content (AvgIpc) is 3.32. The lowest BCUT2D eigenvalue weighted by Gasteiger charge is -2.07. The number of tetrazole rings is 1. The molecule has 2 aromatic carbocycles. The van der Waals surface area contributed by atoms with E-state index in [1.54, 1.807) is 4.68 Å². The summed E-state index contributed by atoms with van der Waals surface area (Å²) < 4.78 is 7.12. The van der Waals surface area contributed by atoms with Crippen molar-refractivity contribution in [2.45, 2.75) is 31.7 Å². The predicted molar refractivity (Wildman–Crippen MR) is 103 cm³/mol. The SMILES string of the molecule is Cc1ccc(-c2nc(CSc3nnnn3-c3cc(C)ccc3C)no2)cc1. The second-order valence-corrected chi connectivity index (χ2v) is 7.28. The van der Waals surface area contributed by atoms with Crippen LogP contribution in [0.25, 0.3) is 17.1 Å². The summed E-state index contributed by atoms with van der Waals surface area (Å²) in [7, 11) is 0. The smallest absolute Gasteiger partial charge is 0.257 e. The van der Waals surface area contributed by atoms with Crippen LogP contribution in [-0.2, 0) is 5.75 Å². The minimum Gasteiger partial charge on any atom is -0.334 e. The van der Waals surface area contributed by atoms with Gasteiger partial charge in [-0.1, -0.05) is 46.7 Å². The molecule has 0 fully saturated rings. The molecule has 0 N–H and O–H groups in total. The summed E-state index contributed by atoms with van der Waals surface area (Å²) in [6, 6.07) is 14.2. The molecule has 2 aromatic heterocycles. The fourth-order valence-corrected chi connectivity index (χ4v) is 3.35. The largest absolute Gasteiger partial charge is 0.334 e. The average molecular weight is 378 g/mol. The Labute approximate surface area is 160 Å². The summed E-state index contributed by atoms with van der Waals surface area (Å²) in [5, 5.41) is 16.8. The number of rotatable bonds is 5. The second kappa shape index (κ2) is 7.32. The van der Waals surface area contributed by atoms with Crippen molar-refractivity contribution in [1.29, 1.82) is 0 Å². The van der Waals surface area contributed by atoms with Gasteiger partial charge in [-0.25, -0.2) is 0 Å². The van der Waals surface area contributed by atoms with E-state index in [1.807, 2.05) is 45.0 Å². The van der Waals surface area contributed by atoms with Crippen molar-refractivity contribution in [3.8, 4) is 17.1 Å². The van der Waals surface area contributed by atoms with Crippen molar-refractivity contribution in [2.75, 3.05) is 0 Å². The van der Waals surface area contributed by atoms with E-state index in [2.05, 4.69) is 43.9 Å². The van der Waals surface area contributed by atoms with Crippen molar-refractivity contribution in [3.63, 3.8) is 0 Å². The molecule has 4 rings (SSSR count). The third kappa shape index (κ3) is 3.75. The van der Waals surface area contributed by atoms with Crippen LogP contribution in [0.1, 0.15) is 22.5 Å². The summed E-state index contributed by atoms with van der Waals surface area (Å²) in [6.07, 6.45) is 0. The molecule has 136 valence electrons. The predicted octanol–water partition coefficient (Wildman–Crippen LogP) is 3.93. The van der Waals surface area contributed by atoms with Gasteiger partial charge in [0.1, 0.15) is 0 Å². The van der Waals surface area contributed by atoms with Gasteiger partial charge in [0, 0.05) is 5.56 Å². The number of aromatic nitrogens is 6. The van der Waals surface area contributed by atoms with Gasteiger partial charge in [-0.3, -0.25) is 0 Å². The molecule has 0 atom stereocenters. The maximum absolute atomic E-state index is 5.38. The highest BCUT2D eigenvalue weighted by molar-refractivity contribution is 7.98. The molecular weight excluding hydrogens is 360 g/mol. The number of hydrogen-bond acceptors (Lipinski definition) is 7. The van der Waals surface area contributed by atoms with E-state index in [0.29, 0.717) is 22.6 Å². The Morgan fingerprint density at radius 3 is 2.59 bits per heavy atom. The van der Waals surface area contributed by atoms with E-state index in [1.165, 1.54) is 17.3 Å². The molecule has 0 aliphatic carbocycles. The molecule has 0 saturated heterocycles. The lowest BCUT2D eigenvalue weighted by Crippen LogP contribution is -2.02. The molecule has 0 unspecified atom stereocenters. The minimum atomic E-state index is 0.514. The molecule has 0 spiro atoms. The van der Waals surface area contributed by atoms with Crippen molar-refractivity contribution in [3.05, 3.63) is 65.0 Å². The quantitative estimate of drug-likeness (QED) is 0.487. The topological polar surface area (TPSA) is 82.5 Å². The third-order valence-electron chi connectivity index (χ3n) is 4.13. The van der Waals surface area contributed by atoms with Gasteiger partial charge in [0.2, 0.25) is 5.16 Å². The normalized spacial score (nSPS) is 11.1. The lowest BCUT2D eigenvalue weighted by atomic mass is 10.1. The van der Waals surface area contributed by atoms with Crippen LogP contribution >= 0.6 is 11.8 Å². The summed E-state index contributed by atoms with van der Waals surface area (Å²) in [6.45, 7) is 6.13. The van der Waals surface area contributed by atoms with Crippen LogP contribution in [0.3, 0.4) is 0 Å². The Bertz CT molecular complexity index is 1070. The first kappa shape index (κ1) is 17.4. The Hall–Kier alpha value is -3.00. The monoisotopic (exact) mass is 378 g/mol.